The summed E-state index contributed by atoms with van der Waals surface area (Å²) in [4.78, 5) is 17.7. The van der Waals surface area contributed by atoms with Gasteiger partial charge >= 0.3 is 12.1 Å². The number of hydrogen-bond acceptors (Lipinski definition) is 8. The van der Waals surface area contributed by atoms with Crippen LogP contribution in [0.3, 0.4) is 0 Å². The zero-order chi connectivity index (χ0) is 24.2. The van der Waals surface area contributed by atoms with Crippen molar-refractivity contribution in [3.05, 3.63) is 47.8 Å². The molecule has 0 saturated carbocycles. The summed E-state index contributed by atoms with van der Waals surface area (Å²) in [7, 11) is -3.27. The van der Waals surface area contributed by atoms with Gasteiger partial charge in [-0.3, -0.25) is 5.10 Å². The number of sulfone groups is 1. The zero-order valence-corrected chi connectivity index (χ0v) is 18.0. The van der Waals surface area contributed by atoms with Crippen molar-refractivity contribution < 1.29 is 31.5 Å². The van der Waals surface area contributed by atoms with E-state index in [9.17, 15) is 21.6 Å². The number of hydrogen-bond donors (Lipinski definition) is 4. The highest BCUT2D eigenvalue weighted by atomic mass is 32.2. The minimum Gasteiger partial charge on any atom is -0.475 e. The van der Waals surface area contributed by atoms with Crippen LogP contribution in [0.1, 0.15) is 17.7 Å². The molecule has 4 N–H and O–H groups in total. The van der Waals surface area contributed by atoms with Crippen molar-refractivity contribution in [3.63, 3.8) is 0 Å². The van der Waals surface area contributed by atoms with Crippen LogP contribution in [-0.2, 0) is 27.5 Å². The number of aromatic amines is 1. The molecule has 1 aliphatic carbocycles. The highest BCUT2D eigenvalue weighted by Crippen LogP contribution is 2.28. The molecule has 1 aliphatic rings. The third-order valence-corrected chi connectivity index (χ3v) is 5.58. The topological polar surface area (TPSA) is 150 Å². The molecule has 0 radical (unpaired) electrons. The quantitative estimate of drug-likeness (QED) is 0.428. The van der Waals surface area contributed by atoms with E-state index >= 15 is 0 Å². The number of alkyl halides is 3. The molecule has 176 valence electrons. The number of carboxylic acids is 1. The first-order valence-electron chi connectivity index (χ1n) is 9.47. The number of aromatic nitrogens is 4. The molecule has 0 bridgehead atoms. The van der Waals surface area contributed by atoms with Crippen molar-refractivity contribution in [1.82, 2.24) is 20.2 Å². The number of carbonyl (C=O) groups is 1. The van der Waals surface area contributed by atoms with E-state index in [1.807, 2.05) is 0 Å². The fourth-order valence-corrected chi connectivity index (χ4v) is 3.63. The zero-order valence-electron chi connectivity index (χ0n) is 17.1. The minimum absolute atomic E-state index is 0.240. The first kappa shape index (κ1) is 24.0. The Balaban J connectivity index is 0.000000383. The van der Waals surface area contributed by atoms with Gasteiger partial charge in [0.1, 0.15) is 5.82 Å². The van der Waals surface area contributed by atoms with Gasteiger partial charge < -0.3 is 15.7 Å². The average Bonchev–Trinajstić information content (AvgIpc) is 3.33. The normalized spacial score (nSPS) is 13.0. The number of aryl methyl sites for hydroxylation is 1. The summed E-state index contributed by atoms with van der Waals surface area (Å²) >= 11 is 0. The molecule has 3 aromatic rings. The molecule has 33 heavy (non-hydrogen) atoms. The highest BCUT2D eigenvalue weighted by molar-refractivity contribution is 7.90. The molecule has 10 nitrogen and oxygen atoms in total. The number of nitrogens with one attached hydrogen (secondary N) is 3. The lowest BCUT2D eigenvalue weighted by Crippen LogP contribution is -2.21. The number of nitrogens with zero attached hydrogens (tertiary/aromatic N) is 3. The van der Waals surface area contributed by atoms with E-state index < -0.39 is 22.0 Å². The molecule has 0 atom stereocenters. The Kier molecular flexibility index (Phi) is 6.86. The van der Waals surface area contributed by atoms with E-state index in [-0.39, 0.29) is 4.90 Å². The Bertz CT molecular complexity index is 1260. The van der Waals surface area contributed by atoms with Gasteiger partial charge in [-0.15, -0.1) is 0 Å². The van der Waals surface area contributed by atoms with Crippen LogP contribution in [0.25, 0.3) is 0 Å². The number of rotatable bonds is 5. The molecule has 2 heterocycles. The van der Waals surface area contributed by atoms with E-state index in [0.717, 1.165) is 25.1 Å². The Labute approximate surface area is 186 Å². The molecule has 1 aromatic carbocycles. The van der Waals surface area contributed by atoms with Crippen LogP contribution in [0, 0.1) is 0 Å². The van der Waals surface area contributed by atoms with Gasteiger partial charge in [0, 0.05) is 29.4 Å². The minimum atomic E-state index is -5.08. The second-order valence-electron chi connectivity index (χ2n) is 7.00. The van der Waals surface area contributed by atoms with Gasteiger partial charge in [-0.1, -0.05) is 6.07 Å². The van der Waals surface area contributed by atoms with E-state index in [1.165, 1.54) is 17.5 Å². The number of anilines is 4. The predicted octanol–water partition coefficient (Wildman–Crippen LogP) is 3.21. The number of halogens is 3. The van der Waals surface area contributed by atoms with Gasteiger partial charge in [0.25, 0.3) is 0 Å². The molecule has 0 spiro atoms. The molecule has 0 fully saturated rings. The summed E-state index contributed by atoms with van der Waals surface area (Å²) in [6, 6.07) is 8.30. The molecule has 0 saturated heterocycles. The third kappa shape index (κ3) is 6.41. The molecule has 0 unspecified atom stereocenters. The second-order valence-corrected chi connectivity index (χ2v) is 9.02. The SMILES string of the molecule is CS(=O)(=O)c1cccc(Nc2nccc(Nc3n[nH]c4c3CCC4)n2)c1.O=C(O)C(F)(F)F. The van der Waals surface area contributed by atoms with Crippen LogP contribution in [0.15, 0.2) is 41.4 Å². The molecule has 0 aliphatic heterocycles. The Morgan fingerprint density at radius 2 is 1.91 bits per heavy atom. The smallest absolute Gasteiger partial charge is 0.475 e. The molecule has 0 amide bonds. The van der Waals surface area contributed by atoms with Gasteiger partial charge in [0.2, 0.25) is 5.95 Å². The maximum absolute atomic E-state index is 11.7. The summed E-state index contributed by atoms with van der Waals surface area (Å²) in [5, 5.41) is 20.7. The van der Waals surface area contributed by atoms with Crippen molar-refractivity contribution in [2.45, 2.75) is 30.3 Å². The van der Waals surface area contributed by atoms with E-state index in [4.69, 9.17) is 9.90 Å². The van der Waals surface area contributed by atoms with Gasteiger partial charge in [-0.05, 0) is 43.5 Å². The van der Waals surface area contributed by atoms with Gasteiger partial charge in [0.05, 0.1) is 4.90 Å². The summed E-state index contributed by atoms with van der Waals surface area (Å²) in [5.41, 5.74) is 2.99. The van der Waals surface area contributed by atoms with Gasteiger partial charge in [0.15, 0.2) is 15.7 Å². The third-order valence-electron chi connectivity index (χ3n) is 4.47. The lowest BCUT2D eigenvalue weighted by atomic mass is 10.2. The number of aliphatic carboxylic acids is 1. The van der Waals surface area contributed by atoms with Crippen LogP contribution in [0.2, 0.25) is 0 Å². The van der Waals surface area contributed by atoms with Crippen molar-refractivity contribution in [3.8, 4) is 0 Å². The largest absolute Gasteiger partial charge is 0.490 e. The first-order valence-corrected chi connectivity index (χ1v) is 11.4. The van der Waals surface area contributed by atoms with Crippen LogP contribution in [0.4, 0.5) is 36.4 Å². The summed E-state index contributed by atoms with van der Waals surface area (Å²) < 4.78 is 55.1. The standard InChI is InChI=1S/C17H18N6O2S.C2HF3O2/c1-26(24,25)12-5-2-4-11(10-12)19-17-18-9-8-15(21-17)20-16-13-6-3-7-14(13)22-23-16;3-2(4,5)1(6)7/h2,4-5,8-10H,3,6-7H2,1H3,(H3,18,19,20,21,22,23);(H,6,7). The van der Waals surface area contributed by atoms with Crippen molar-refractivity contribution in [2.75, 3.05) is 16.9 Å². The lowest BCUT2D eigenvalue weighted by Gasteiger charge is -2.08. The van der Waals surface area contributed by atoms with Crippen molar-refractivity contribution in [2.24, 2.45) is 0 Å². The van der Waals surface area contributed by atoms with Crippen LogP contribution in [0.5, 0.6) is 0 Å². The second kappa shape index (κ2) is 9.44. The van der Waals surface area contributed by atoms with E-state index in [0.29, 0.717) is 17.5 Å². The van der Waals surface area contributed by atoms with E-state index in [1.54, 1.807) is 36.5 Å². The maximum Gasteiger partial charge on any atom is 0.490 e. The maximum atomic E-state index is 11.7. The van der Waals surface area contributed by atoms with Crippen LogP contribution in [-0.4, -0.2) is 52.1 Å². The highest BCUT2D eigenvalue weighted by Gasteiger charge is 2.38. The van der Waals surface area contributed by atoms with Gasteiger partial charge in [-0.25, -0.2) is 18.2 Å². The van der Waals surface area contributed by atoms with Crippen LogP contribution < -0.4 is 10.6 Å². The molecular formula is C19H19F3N6O4S. The fourth-order valence-electron chi connectivity index (χ4n) is 2.97. The lowest BCUT2D eigenvalue weighted by molar-refractivity contribution is -0.192. The summed E-state index contributed by atoms with van der Waals surface area (Å²) in [6.45, 7) is 0. The van der Waals surface area contributed by atoms with E-state index in [2.05, 4.69) is 30.8 Å². The van der Waals surface area contributed by atoms with Gasteiger partial charge in [-0.2, -0.15) is 23.3 Å². The molecule has 4 rings (SSSR count). The molecular weight excluding hydrogens is 465 g/mol. The number of fused-ring (bicyclic) bond motifs is 1. The fraction of sp³-hybridized carbons (Fsp3) is 0.263. The summed E-state index contributed by atoms with van der Waals surface area (Å²) in [5.74, 6) is -0.982. The Morgan fingerprint density at radius 3 is 2.58 bits per heavy atom. The first-order chi connectivity index (χ1) is 15.4. The Morgan fingerprint density at radius 1 is 1.18 bits per heavy atom. The average molecular weight is 484 g/mol. The number of benzene rings is 1. The van der Waals surface area contributed by atoms with Crippen molar-refractivity contribution in [1.29, 1.82) is 0 Å². The Hall–Kier alpha value is -3.68. The molecule has 14 heteroatoms. The predicted molar refractivity (Wildman–Crippen MR) is 112 cm³/mol. The van der Waals surface area contributed by atoms with Crippen LogP contribution >= 0.6 is 0 Å². The molecule has 2 aromatic heterocycles. The monoisotopic (exact) mass is 484 g/mol. The number of carboxylic acid groups (broad SMARTS) is 1. The number of H-pyrrole nitrogens is 1. The summed E-state index contributed by atoms with van der Waals surface area (Å²) in [6.07, 6.45) is 0.881. The van der Waals surface area contributed by atoms with Crippen molar-refractivity contribution >= 4 is 39.1 Å².